The zero-order chi connectivity index (χ0) is 17.1. The molecule has 6 nitrogen and oxygen atoms in total. The minimum Gasteiger partial charge on any atom is -0.379 e. The second kappa shape index (κ2) is 7.11. The molecule has 1 unspecified atom stereocenters. The Labute approximate surface area is 143 Å². The Kier molecular flexibility index (Phi) is 4.92. The molecule has 3 rings (SSSR count). The van der Waals surface area contributed by atoms with Crippen LogP contribution in [0.5, 0.6) is 0 Å². The third kappa shape index (κ3) is 3.47. The number of urea groups is 1. The Morgan fingerprint density at radius 1 is 1.25 bits per heavy atom. The zero-order valence-corrected chi connectivity index (χ0v) is 14.4. The van der Waals surface area contributed by atoms with Gasteiger partial charge < -0.3 is 20.4 Å². The molecule has 0 bridgehead atoms. The second-order valence-electron chi connectivity index (χ2n) is 6.87. The van der Waals surface area contributed by atoms with Crippen molar-refractivity contribution in [1.82, 2.24) is 10.2 Å². The lowest BCUT2D eigenvalue weighted by Gasteiger charge is -2.37. The lowest BCUT2D eigenvalue weighted by molar-refractivity contribution is -0.117. The fourth-order valence-corrected chi connectivity index (χ4v) is 3.26. The van der Waals surface area contributed by atoms with Gasteiger partial charge in [0, 0.05) is 25.7 Å². The molecule has 1 fully saturated rings. The number of anilines is 2. The van der Waals surface area contributed by atoms with E-state index in [0.717, 1.165) is 37.3 Å². The minimum atomic E-state index is -0.135. The van der Waals surface area contributed by atoms with Crippen molar-refractivity contribution in [3.8, 4) is 0 Å². The number of fused-ring (bicyclic) bond motifs is 1. The number of nitrogens with one attached hydrogen (secondary N) is 2. The van der Waals surface area contributed by atoms with Gasteiger partial charge in [-0.1, -0.05) is 26.0 Å². The van der Waals surface area contributed by atoms with Crippen LogP contribution in [0.1, 0.15) is 26.7 Å². The molecule has 2 heterocycles. The molecule has 24 heavy (non-hydrogen) atoms. The molecule has 1 saturated heterocycles. The number of carbonyl (C=O) groups excluding carboxylic acids is 2. The number of likely N-dealkylation sites (tertiary alicyclic amines) is 1. The number of nitrogens with zero attached hydrogens (tertiary/aromatic N) is 2. The van der Waals surface area contributed by atoms with Crippen molar-refractivity contribution in [2.75, 3.05) is 36.4 Å². The van der Waals surface area contributed by atoms with Crippen LogP contribution in [-0.2, 0) is 4.79 Å². The molecule has 0 spiro atoms. The van der Waals surface area contributed by atoms with E-state index in [0.29, 0.717) is 12.5 Å². The topological polar surface area (TPSA) is 64.7 Å². The number of benzene rings is 1. The van der Waals surface area contributed by atoms with E-state index in [1.54, 1.807) is 9.80 Å². The molecule has 2 N–H and O–H groups in total. The summed E-state index contributed by atoms with van der Waals surface area (Å²) < 4.78 is 0. The van der Waals surface area contributed by atoms with Gasteiger partial charge in [0.25, 0.3) is 0 Å². The minimum absolute atomic E-state index is 0.0362. The molecule has 0 aliphatic carbocycles. The van der Waals surface area contributed by atoms with Gasteiger partial charge in [0.15, 0.2) is 0 Å². The molecule has 0 radical (unpaired) electrons. The smallest absolute Gasteiger partial charge is 0.317 e. The van der Waals surface area contributed by atoms with Crippen molar-refractivity contribution in [3.63, 3.8) is 0 Å². The lowest BCUT2D eigenvalue weighted by atomic mass is 10.00. The van der Waals surface area contributed by atoms with Crippen molar-refractivity contribution >= 4 is 23.3 Å². The van der Waals surface area contributed by atoms with E-state index in [-0.39, 0.29) is 24.5 Å². The van der Waals surface area contributed by atoms with E-state index in [1.807, 2.05) is 24.3 Å². The average molecular weight is 330 g/mol. The van der Waals surface area contributed by atoms with Crippen molar-refractivity contribution in [2.24, 2.45) is 5.92 Å². The highest BCUT2D eigenvalue weighted by Gasteiger charge is 2.29. The van der Waals surface area contributed by atoms with E-state index in [9.17, 15) is 9.59 Å². The van der Waals surface area contributed by atoms with Crippen LogP contribution in [0.15, 0.2) is 24.3 Å². The summed E-state index contributed by atoms with van der Waals surface area (Å²) in [6.45, 7) is 6.51. The quantitative estimate of drug-likeness (QED) is 0.893. The second-order valence-corrected chi connectivity index (χ2v) is 6.87. The van der Waals surface area contributed by atoms with E-state index in [1.165, 1.54) is 0 Å². The molecule has 130 valence electrons. The first kappa shape index (κ1) is 16.6. The van der Waals surface area contributed by atoms with Gasteiger partial charge in [-0.3, -0.25) is 4.79 Å². The fourth-order valence-electron chi connectivity index (χ4n) is 3.26. The monoisotopic (exact) mass is 330 g/mol. The van der Waals surface area contributed by atoms with Crippen LogP contribution < -0.4 is 15.5 Å². The summed E-state index contributed by atoms with van der Waals surface area (Å²) in [5.41, 5.74) is 1.86. The Morgan fingerprint density at radius 2 is 1.96 bits per heavy atom. The largest absolute Gasteiger partial charge is 0.379 e. The highest BCUT2D eigenvalue weighted by atomic mass is 16.2. The summed E-state index contributed by atoms with van der Waals surface area (Å²) in [6.07, 6.45) is 2.09. The Bertz CT molecular complexity index is 611. The number of hydrogen-bond acceptors (Lipinski definition) is 3. The molecule has 2 aliphatic rings. The maximum absolute atomic E-state index is 12.7. The first-order valence-electron chi connectivity index (χ1n) is 8.75. The predicted molar refractivity (Wildman–Crippen MR) is 95.2 cm³/mol. The van der Waals surface area contributed by atoms with Crippen LogP contribution in [-0.4, -0.2) is 49.1 Å². The van der Waals surface area contributed by atoms with Crippen LogP contribution >= 0.6 is 0 Å². The predicted octanol–water partition coefficient (Wildman–Crippen LogP) is 2.28. The molecular weight excluding hydrogens is 304 g/mol. The van der Waals surface area contributed by atoms with Crippen LogP contribution in [0.4, 0.5) is 16.2 Å². The van der Waals surface area contributed by atoms with Gasteiger partial charge in [-0.05, 0) is 30.9 Å². The Hall–Kier alpha value is -2.24. The summed E-state index contributed by atoms with van der Waals surface area (Å²) in [6, 6.07) is 7.90. The van der Waals surface area contributed by atoms with Crippen LogP contribution in [0, 0.1) is 5.92 Å². The first-order valence-corrected chi connectivity index (χ1v) is 8.75. The normalized spacial score (nSPS) is 19.9. The van der Waals surface area contributed by atoms with Crippen LogP contribution in [0.25, 0.3) is 0 Å². The van der Waals surface area contributed by atoms with Crippen molar-refractivity contribution in [3.05, 3.63) is 24.3 Å². The fraction of sp³-hybridized carbons (Fsp3) is 0.556. The molecule has 1 aromatic rings. The summed E-state index contributed by atoms with van der Waals surface area (Å²) in [5, 5.41) is 6.27. The van der Waals surface area contributed by atoms with Crippen LogP contribution in [0.3, 0.4) is 0 Å². The molecule has 0 aromatic heterocycles. The SMILES string of the molecule is CC(C)C1CN(C(=O)CNC(=O)N2CCCC2)c2ccccc2N1. The first-order chi connectivity index (χ1) is 11.6. The standard InChI is InChI=1S/C18H26N4O2/c1-13(2)15-12-22(16-8-4-3-7-14(16)20-15)17(23)11-19-18(24)21-9-5-6-10-21/h3-4,7-8,13,15,20H,5-6,9-12H2,1-2H3,(H,19,24). The van der Waals surface area contributed by atoms with Crippen molar-refractivity contribution in [2.45, 2.75) is 32.7 Å². The van der Waals surface area contributed by atoms with Crippen molar-refractivity contribution in [1.29, 1.82) is 0 Å². The summed E-state index contributed by atoms with van der Waals surface area (Å²) >= 11 is 0. The molecule has 0 saturated carbocycles. The van der Waals surface area contributed by atoms with E-state index < -0.39 is 0 Å². The number of amides is 3. The highest BCUT2D eigenvalue weighted by molar-refractivity contribution is 6.00. The maximum atomic E-state index is 12.7. The Morgan fingerprint density at radius 3 is 2.67 bits per heavy atom. The third-order valence-electron chi connectivity index (χ3n) is 4.80. The van der Waals surface area contributed by atoms with E-state index in [4.69, 9.17) is 0 Å². The zero-order valence-electron chi connectivity index (χ0n) is 14.4. The van der Waals surface area contributed by atoms with E-state index >= 15 is 0 Å². The average Bonchev–Trinajstić information content (AvgIpc) is 3.13. The van der Waals surface area contributed by atoms with Gasteiger partial charge in [-0.15, -0.1) is 0 Å². The van der Waals surface area contributed by atoms with Gasteiger partial charge in [0.05, 0.1) is 17.9 Å². The van der Waals surface area contributed by atoms with E-state index in [2.05, 4.69) is 24.5 Å². The molecular formula is C18H26N4O2. The molecule has 1 aromatic carbocycles. The summed E-state index contributed by atoms with van der Waals surface area (Å²) in [7, 11) is 0. The highest BCUT2D eigenvalue weighted by Crippen LogP contribution is 2.32. The number of carbonyl (C=O) groups is 2. The molecule has 6 heteroatoms. The number of rotatable bonds is 3. The van der Waals surface area contributed by atoms with Gasteiger partial charge >= 0.3 is 6.03 Å². The molecule has 3 amide bonds. The van der Waals surface area contributed by atoms with Gasteiger partial charge in [0.2, 0.25) is 5.91 Å². The third-order valence-corrected chi connectivity index (χ3v) is 4.80. The number of hydrogen-bond donors (Lipinski definition) is 2. The van der Waals surface area contributed by atoms with Gasteiger partial charge in [0.1, 0.15) is 0 Å². The molecule has 2 aliphatic heterocycles. The summed E-state index contributed by atoms with van der Waals surface area (Å²) in [4.78, 5) is 28.4. The van der Waals surface area contributed by atoms with Gasteiger partial charge in [-0.2, -0.15) is 0 Å². The van der Waals surface area contributed by atoms with Gasteiger partial charge in [-0.25, -0.2) is 4.79 Å². The maximum Gasteiger partial charge on any atom is 0.317 e. The Balaban J connectivity index is 1.67. The molecule has 1 atom stereocenters. The van der Waals surface area contributed by atoms with Crippen LogP contribution in [0.2, 0.25) is 0 Å². The lowest BCUT2D eigenvalue weighted by Crippen LogP contribution is -2.51. The van der Waals surface area contributed by atoms with Crippen molar-refractivity contribution < 1.29 is 9.59 Å². The summed E-state index contributed by atoms with van der Waals surface area (Å²) in [5.74, 6) is 0.343. The number of para-hydroxylation sites is 2.